The Labute approximate surface area is 133 Å². The molecule has 0 spiro atoms. The molecule has 0 aliphatic heterocycles. The minimum Gasteiger partial charge on any atom is -0.329 e. The van der Waals surface area contributed by atoms with Gasteiger partial charge in [0.05, 0.1) is 12.2 Å². The third kappa shape index (κ3) is 5.10. The number of para-hydroxylation sites is 1. The van der Waals surface area contributed by atoms with Crippen LogP contribution in [0, 0.1) is 5.82 Å². The fraction of sp³-hybridized carbons (Fsp3) is 0.176. The van der Waals surface area contributed by atoms with Crippen LogP contribution in [-0.4, -0.2) is 18.5 Å². The first-order valence-corrected chi connectivity index (χ1v) is 7.26. The van der Waals surface area contributed by atoms with Crippen LogP contribution in [0.25, 0.3) is 0 Å². The lowest BCUT2D eigenvalue weighted by Gasteiger charge is -2.09. The van der Waals surface area contributed by atoms with Crippen LogP contribution in [0.1, 0.15) is 12.5 Å². The van der Waals surface area contributed by atoms with Crippen LogP contribution in [0.4, 0.5) is 20.6 Å². The molecule has 2 aromatic rings. The number of rotatable bonds is 5. The van der Waals surface area contributed by atoms with Crippen molar-refractivity contribution in [2.75, 3.05) is 17.2 Å². The fourth-order valence-electron chi connectivity index (χ4n) is 1.96. The van der Waals surface area contributed by atoms with Gasteiger partial charge in [0, 0.05) is 5.69 Å². The van der Waals surface area contributed by atoms with E-state index in [0.29, 0.717) is 5.69 Å². The van der Waals surface area contributed by atoms with Crippen LogP contribution in [0.15, 0.2) is 48.5 Å². The van der Waals surface area contributed by atoms with Gasteiger partial charge in [0.2, 0.25) is 5.91 Å². The minimum absolute atomic E-state index is 0.0790. The van der Waals surface area contributed by atoms with Crippen LogP contribution in [0.3, 0.4) is 0 Å². The quantitative estimate of drug-likeness (QED) is 0.793. The number of anilines is 2. The molecule has 0 bridgehead atoms. The molecule has 0 aliphatic carbocycles. The molecule has 0 atom stereocenters. The molecule has 0 saturated carbocycles. The molecule has 0 unspecified atom stereocenters. The second-order valence-electron chi connectivity index (χ2n) is 4.89. The number of nitrogens with one attached hydrogen (secondary N) is 3. The zero-order valence-electron chi connectivity index (χ0n) is 12.7. The monoisotopic (exact) mass is 315 g/mol. The molecule has 0 heterocycles. The summed E-state index contributed by atoms with van der Waals surface area (Å²) >= 11 is 0. The largest absolute Gasteiger partial charge is 0.329 e. The van der Waals surface area contributed by atoms with E-state index in [1.807, 2.05) is 25.1 Å². The Morgan fingerprint density at radius 1 is 1.04 bits per heavy atom. The molecule has 5 nitrogen and oxygen atoms in total. The van der Waals surface area contributed by atoms with Crippen molar-refractivity contribution in [2.45, 2.75) is 13.3 Å². The number of hydrogen-bond acceptors (Lipinski definition) is 2. The summed E-state index contributed by atoms with van der Waals surface area (Å²) in [7, 11) is 0. The van der Waals surface area contributed by atoms with Crippen molar-refractivity contribution >= 4 is 23.3 Å². The maximum Gasteiger partial charge on any atom is 0.319 e. The number of halogens is 1. The summed E-state index contributed by atoms with van der Waals surface area (Å²) in [6, 6.07) is 12.8. The Balaban J connectivity index is 1.82. The van der Waals surface area contributed by atoms with E-state index in [1.165, 1.54) is 18.2 Å². The lowest BCUT2D eigenvalue weighted by atomic mass is 10.1. The maximum atomic E-state index is 13.4. The van der Waals surface area contributed by atoms with Gasteiger partial charge in [-0.15, -0.1) is 0 Å². The minimum atomic E-state index is -0.526. The van der Waals surface area contributed by atoms with Crippen molar-refractivity contribution in [1.82, 2.24) is 5.32 Å². The SMILES string of the molecule is CCc1cccc(NC(=O)NCC(=O)Nc2ccccc2F)c1. The molecular formula is C17H18FN3O2. The summed E-state index contributed by atoms with van der Waals surface area (Å²) in [5.74, 6) is -1.03. The van der Waals surface area contributed by atoms with Gasteiger partial charge in [-0.3, -0.25) is 4.79 Å². The van der Waals surface area contributed by atoms with Gasteiger partial charge in [-0.25, -0.2) is 9.18 Å². The van der Waals surface area contributed by atoms with Gasteiger partial charge >= 0.3 is 6.03 Å². The highest BCUT2D eigenvalue weighted by Crippen LogP contribution is 2.12. The molecule has 0 saturated heterocycles. The molecule has 6 heteroatoms. The van der Waals surface area contributed by atoms with E-state index in [-0.39, 0.29) is 12.2 Å². The number of aryl methyl sites for hydroxylation is 1. The number of urea groups is 1. The average Bonchev–Trinajstić information content (AvgIpc) is 2.55. The third-order valence-corrected chi connectivity index (χ3v) is 3.15. The zero-order chi connectivity index (χ0) is 16.7. The summed E-state index contributed by atoms with van der Waals surface area (Å²) in [4.78, 5) is 23.5. The van der Waals surface area contributed by atoms with Crippen molar-refractivity contribution in [3.05, 3.63) is 59.9 Å². The topological polar surface area (TPSA) is 70.2 Å². The standard InChI is InChI=1S/C17H18FN3O2/c1-2-12-6-5-7-13(10-12)20-17(23)19-11-16(22)21-15-9-4-3-8-14(15)18/h3-10H,2,11H2,1H3,(H,21,22)(H2,19,20,23). The Morgan fingerprint density at radius 3 is 2.57 bits per heavy atom. The van der Waals surface area contributed by atoms with E-state index in [0.717, 1.165) is 12.0 Å². The van der Waals surface area contributed by atoms with Crippen LogP contribution in [-0.2, 0) is 11.2 Å². The molecule has 3 amide bonds. The van der Waals surface area contributed by atoms with Crippen molar-refractivity contribution < 1.29 is 14.0 Å². The summed E-state index contributed by atoms with van der Waals surface area (Å²) in [6.07, 6.45) is 0.863. The second-order valence-corrected chi connectivity index (χ2v) is 4.89. The van der Waals surface area contributed by atoms with Gasteiger partial charge in [0.1, 0.15) is 5.82 Å². The normalized spacial score (nSPS) is 10.0. The number of amides is 3. The molecule has 0 aliphatic rings. The summed E-state index contributed by atoms with van der Waals surface area (Å²) in [5, 5.41) is 7.46. The summed E-state index contributed by atoms with van der Waals surface area (Å²) in [5.41, 5.74) is 1.83. The van der Waals surface area contributed by atoms with E-state index in [9.17, 15) is 14.0 Å². The van der Waals surface area contributed by atoms with Crippen LogP contribution in [0.5, 0.6) is 0 Å². The Hall–Kier alpha value is -2.89. The molecule has 2 aromatic carbocycles. The first-order valence-electron chi connectivity index (χ1n) is 7.26. The van der Waals surface area contributed by atoms with Crippen LogP contribution < -0.4 is 16.0 Å². The van der Waals surface area contributed by atoms with Crippen molar-refractivity contribution in [3.63, 3.8) is 0 Å². The number of carbonyl (C=O) groups is 2. The first kappa shape index (κ1) is 16.5. The van der Waals surface area contributed by atoms with Crippen molar-refractivity contribution in [1.29, 1.82) is 0 Å². The number of benzene rings is 2. The van der Waals surface area contributed by atoms with E-state index in [2.05, 4.69) is 16.0 Å². The highest BCUT2D eigenvalue weighted by molar-refractivity contribution is 5.97. The fourth-order valence-corrected chi connectivity index (χ4v) is 1.96. The lowest BCUT2D eigenvalue weighted by Crippen LogP contribution is -2.35. The maximum absolute atomic E-state index is 13.4. The predicted molar refractivity (Wildman–Crippen MR) is 87.9 cm³/mol. The van der Waals surface area contributed by atoms with E-state index < -0.39 is 17.8 Å². The Kier molecular flexibility index (Phi) is 5.68. The third-order valence-electron chi connectivity index (χ3n) is 3.15. The van der Waals surface area contributed by atoms with Gasteiger partial charge in [-0.1, -0.05) is 31.2 Å². The summed E-state index contributed by atoms with van der Waals surface area (Å²) < 4.78 is 13.4. The molecule has 23 heavy (non-hydrogen) atoms. The molecule has 2 rings (SSSR count). The van der Waals surface area contributed by atoms with Gasteiger partial charge < -0.3 is 16.0 Å². The van der Waals surface area contributed by atoms with Crippen LogP contribution >= 0.6 is 0 Å². The van der Waals surface area contributed by atoms with Crippen LogP contribution in [0.2, 0.25) is 0 Å². The van der Waals surface area contributed by atoms with E-state index in [4.69, 9.17) is 0 Å². The highest BCUT2D eigenvalue weighted by Gasteiger charge is 2.08. The van der Waals surface area contributed by atoms with E-state index >= 15 is 0 Å². The second kappa shape index (κ2) is 7.93. The average molecular weight is 315 g/mol. The molecule has 120 valence electrons. The first-order chi connectivity index (χ1) is 11.1. The molecule has 3 N–H and O–H groups in total. The van der Waals surface area contributed by atoms with Crippen molar-refractivity contribution in [2.24, 2.45) is 0 Å². The Morgan fingerprint density at radius 2 is 1.83 bits per heavy atom. The smallest absolute Gasteiger partial charge is 0.319 e. The molecule has 0 fully saturated rings. The summed E-state index contributed by atoms with van der Waals surface area (Å²) in [6.45, 7) is 1.76. The van der Waals surface area contributed by atoms with Crippen molar-refractivity contribution in [3.8, 4) is 0 Å². The lowest BCUT2D eigenvalue weighted by molar-refractivity contribution is -0.115. The molecular weight excluding hydrogens is 297 g/mol. The number of carbonyl (C=O) groups excluding carboxylic acids is 2. The highest BCUT2D eigenvalue weighted by atomic mass is 19.1. The van der Waals surface area contributed by atoms with Gasteiger partial charge in [-0.2, -0.15) is 0 Å². The predicted octanol–water partition coefficient (Wildman–Crippen LogP) is 3.15. The molecule has 0 aromatic heterocycles. The number of hydrogen-bond donors (Lipinski definition) is 3. The van der Waals surface area contributed by atoms with Gasteiger partial charge in [0.25, 0.3) is 0 Å². The van der Waals surface area contributed by atoms with Gasteiger partial charge in [0.15, 0.2) is 0 Å². The van der Waals surface area contributed by atoms with E-state index in [1.54, 1.807) is 12.1 Å². The molecule has 0 radical (unpaired) electrons. The Bertz CT molecular complexity index is 704. The zero-order valence-corrected chi connectivity index (χ0v) is 12.7. The van der Waals surface area contributed by atoms with Gasteiger partial charge in [-0.05, 0) is 36.2 Å².